The van der Waals surface area contributed by atoms with E-state index in [1.165, 1.54) is 12.8 Å². The molecule has 1 aliphatic carbocycles. The van der Waals surface area contributed by atoms with E-state index in [0.29, 0.717) is 12.6 Å². The lowest BCUT2D eigenvalue weighted by Gasteiger charge is -2.14. The monoisotopic (exact) mass is 304 g/mol. The fourth-order valence-electron chi connectivity index (χ4n) is 2.17. The molecule has 0 amide bonds. The number of benzene rings is 1. The van der Waals surface area contributed by atoms with Crippen LogP contribution in [-0.2, 0) is 13.2 Å². The first-order valence-electron chi connectivity index (χ1n) is 7.19. The van der Waals surface area contributed by atoms with Crippen molar-refractivity contribution < 1.29 is 9.47 Å². The highest BCUT2D eigenvalue weighted by atomic mass is 32.1. The number of hydrogen-bond donors (Lipinski definition) is 1. The molecule has 3 rings (SSSR count). The van der Waals surface area contributed by atoms with Crippen LogP contribution in [0, 0.1) is 6.92 Å². The van der Waals surface area contributed by atoms with E-state index in [0.717, 1.165) is 34.3 Å². The van der Waals surface area contributed by atoms with Crippen molar-refractivity contribution in [2.45, 2.75) is 39.0 Å². The molecule has 0 bridgehead atoms. The summed E-state index contributed by atoms with van der Waals surface area (Å²) < 4.78 is 11.4. The highest BCUT2D eigenvalue weighted by Crippen LogP contribution is 2.32. The Hall–Kier alpha value is -1.59. The van der Waals surface area contributed by atoms with E-state index in [9.17, 15) is 0 Å². The molecule has 1 fully saturated rings. The van der Waals surface area contributed by atoms with E-state index in [2.05, 4.69) is 16.4 Å². The quantitative estimate of drug-likeness (QED) is 0.852. The van der Waals surface area contributed by atoms with E-state index >= 15 is 0 Å². The van der Waals surface area contributed by atoms with Gasteiger partial charge in [-0.05, 0) is 25.8 Å². The average Bonchev–Trinajstić information content (AvgIpc) is 3.24. The van der Waals surface area contributed by atoms with Crippen molar-refractivity contribution in [3.8, 4) is 11.5 Å². The summed E-state index contributed by atoms with van der Waals surface area (Å²) in [6.45, 7) is 3.29. The predicted molar refractivity (Wildman–Crippen MR) is 84.0 cm³/mol. The summed E-state index contributed by atoms with van der Waals surface area (Å²) >= 11 is 1.62. The normalized spacial score (nSPS) is 14.2. The molecule has 0 unspecified atom stereocenters. The molecule has 1 aromatic carbocycles. The van der Waals surface area contributed by atoms with Crippen LogP contribution in [-0.4, -0.2) is 18.1 Å². The molecule has 0 saturated heterocycles. The lowest BCUT2D eigenvalue weighted by atomic mass is 10.2. The Labute approximate surface area is 129 Å². The predicted octanol–water partition coefficient (Wildman–Crippen LogP) is 3.29. The second-order valence-corrected chi connectivity index (χ2v) is 6.22. The van der Waals surface area contributed by atoms with Gasteiger partial charge in [-0.25, -0.2) is 4.98 Å². The Morgan fingerprint density at radius 1 is 1.38 bits per heavy atom. The molecule has 1 N–H and O–H groups in total. The van der Waals surface area contributed by atoms with Crippen molar-refractivity contribution in [2.75, 3.05) is 7.11 Å². The van der Waals surface area contributed by atoms with Crippen molar-refractivity contribution in [2.24, 2.45) is 0 Å². The van der Waals surface area contributed by atoms with Gasteiger partial charge in [-0.1, -0.05) is 12.1 Å². The molecule has 4 nitrogen and oxygen atoms in total. The summed E-state index contributed by atoms with van der Waals surface area (Å²) in [5.41, 5.74) is 2.17. The number of nitrogens with zero attached hydrogens (tertiary/aromatic N) is 1. The van der Waals surface area contributed by atoms with Gasteiger partial charge >= 0.3 is 0 Å². The minimum atomic E-state index is 0.481. The van der Waals surface area contributed by atoms with Gasteiger partial charge in [-0.2, -0.15) is 0 Å². The highest BCUT2D eigenvalue weighted by Gasteiger charge is 2.21. The third-order valence-electron chi connectivity index (χ3n) is 3.45. The first kappa shape index (κ1) is 14.4. The van der Waals surface area contributed by atoms with Crippen molar-refractivity contribution >= 4 is 11.3 Å². The Balaban J connectivity index is 1.73. The summed E-state index contributed by atoms with van der Waals surface area (Å²) in [5, 5.41) is 6.54. The molecule has 1 aromatic heterocycles. The fraction of sp³-hybridized carbons (Fsp3) is 0.438. The van der Waals surface area contributed by atoms with Gasteiger partial charge in [0.1, 0.15) is 11.6 Å². The lowest BCUT2D eigenvalue weighted by Crippen LogP contribution is -2.16. The first-order valence-corrected chi connectivity index (χ1v) is 8.07. The Kier molecular flexibility index (Phi) is 4.41. The first-order chi connectivity index (χ1) is 10.3. The summed E-state index contributed by atoms with van der Waals surface area (Å²) in [6, 6.07) is 6.69. The van der Waals surface area contributed by atoms with Gasteiger partial charge in [-0.15, -0.1) is 11.3 Å². The van der Waals surface area contributed by atoms with Gasteiger partial charge in [0.2, 0.25) is 0 Å². The number of thiazole rings is 1. The van der Waals surface area contributed by atoms with Crippen molar-refractivity contribution in [3.63, 3.8) is 0 Å². The van der Waals surface area contributed by atoms with Gasteiger partial charge in [-0.3, -0.25) is 0 Å². The molecule has 5 heteroatoms. The number of rotatable bonds is 7. The molecule has 0 atom stereocenters. The SMILES string of the molecule is COc1cccc(CNC2CC2)c1OCc1nc(C)cs1. The Morgan fingerprint density at radius 2 is 2.24 bits per heavy atom. The summed E-state index contributed by atoms with van der Waals surface area (Å²) in [6.07, 6.45) is 2.55. The number of para-hydroxylation sites is 1. The molecule has 21 heavy (non-hydrogen) atoms. The zero-order chi connectivity index (χ0) is 14.7. The summed E-state index contributed by atoms with van der Waals surface area (Å²) in [7, 11) is 1.67. The fourth-order valence-corrected chi connectivity index (χ4v) is 2.85. The van der Waals surface area contributed by atoms with Crippen LogP contribution in [0.1, 0.15) is 29.1 Å². The van der Waals surface area contributed by atoms with Gasteiger partial charge < -0.3 is 14.8 Å². The topological polar surface area (TPSA) is 43.4 Å². The molecule has 1 heterocycles. The van der Waals surface area contributed by atoms with Crippen LogP contribution in [0.15, 0.2) is 23.6 Å². The number of nitrogens with one attached hydrogen (secondary N) is 1. The third-order valence-corrected chi connectivity index (χ3v) is 4.39. The molecule has 0 spiro atoms. The van der Waals surface area contributed by atoms with E-state index in [1.54, 1.807) is 18.4 Å². The van der Waals surface area contributed by atoms with Crippen LogP contribution in [0.3, 0.4) is 0 Å². The highest BCUT2D eigenvalue weighted by molar-refractivity contribution is 7.09. The van der Waals surface area contributed by atoms with Crippen LogP contribution < -0.4 is 14.8 Å². The smallest absolute Gasteiger partial charge is 0.166 e. The number of ether oxygens (including phenoxy) is 2. The largest absolute Gasteiger partial charge is 0.493 e. The van der Waals surface area contributed by atoms with Crippen LogP contribution in [0.25, 0.3) is 0 Å². The lowest BCUT2D eigenvalue weighted by molar-refractivity contribution is 0.280. The van der Waals surface area contributed by atoms with Crippen molar-refractivity contribution in [1.82, 2.24) is 10.3 Å². The number of hydrogen-bond acceptors (Lipinski definition) is 5. The minimum Gasteiger partial charge on any atom is -0.493 e. The third kappa shape index (κ3) is 3.74. The van der Waals surface area contributed by atoms with Gasteiger partial charge in [0.15, 0.2) is 11.5 Å². The molecule has 0 aliphatic heterocycles. The van der Waals surface area contributed by atoms with Gasteiger partial charge in [0, 0.05) is 29.2 Å². The maximum atomic E-state index is 5.99. The summed E-state index contributed by atoms with van der Waals surface area (Å²) in [4.78, 5) is 4.43. The standard InChI is InChI=1S/C16H20N2O2S/c1-11-10-21-15(18-11)9-20-16-12(8-17-13-6-7-13)4-3-5-14(16)19-2/h3-5,10,13,17H,6-9H2,1-2H3. The van der Waals surface area contributed by atoms with Crippen LogP contribution in [0.4, 0.5) is 0 Å². The van der Waals surface area contributed by atoms with E-state index in [1.807, 2.05) is 24.4 Å². The number of aryl methyl sites for hydroxylation is 1. The van der Waals surface area contributed by atoms with Crippen LogP contribution in [0.5, 0.6) is 11.5 Å². The maximum Gasteiger partial charge on any atom is 0.166 e. The zero-order valence-electron chi connectivity index (χ0n) is 12.4. The van der Waals surface area contributed by atoms with Crippen LogP contribution >= 0.6 is 11.3 Å². The van der Waals surface area contributed by atoms with Crippen LogP contribution in [0.2, 0.25) is 0 Å². The molecule has 0 radical (unpaired) electrons. The van der Waals surface area contributed by atoms with Crippen molar-refractivity contribution in [1.29, 1.82) is 0 Å². The van der Waals surface area contributed by atoms with E-state index in [4.69, 9.17) is 9.47 Å². The number of methoxy groups -OCH3 is 1. The minimum absolute atomic E-state index is 0.481. The van der Waals surface area contributed by atoms with Gasteiger partial charge in [0.05, 0.1) is 7.11 Å². The molecular formula is C16H20N2O2S. The molecule has 112 valence electrons. The maximum absolute atomic E-state index is 5.99. The molecule has 1 aliphatic rings. The second kappa shape index (κ2) is 6.45. The van der Waals surface area contributed by atoms with Crippen molar-refractivity contribution in [3.05, 3.63) is 39.8 Å². The molecular weight excluding hydrogens is 284 g/mol. The molecule has 1 saturated carbocycles. The average molecular weight is 304 g/mol. The number of aromatic nitrogens is 1. The second-order valence-electron chi connectivity index (χ2n) is 5.27. The zero-order valence-corrected chi connectivity index (χ0v) is 13.2. The van der Waals surface area contributed by atoms with E-state index in [-0.39, 0.29) is 0 Å². The molecule has 2 aromatic rings. The summed E-state index contributed by atoms with van der Waals surface area (Å²) in [5.74, 6) is 1.60. The van der Waals surface area contributed by atoms with E-state index < -0.39 is 0 Å². The Morgan fingerprint density at radius 3 is 2.90 bits per heavy atom. The Bertz CT molecular complexity index is 608. The van der Waals surface area contributed by atoms with Gasteiger partial charge in [0.25, 0.3) is 0 Å².